The number of rotatable bonds is 4. The third kappa shape index (κ3) is 3.39. The lowest BCUT2D eigenvalue weighted by Gasteiger charge is -2.02. The molecule has 0 aliphatic heterocycles. The number of carbonyl (C=O) groups is 1. The first kappa shape index (κ1) is 14.0. The molecule has 1 nitrogen and oxygen atoms in total. The van der Waals surface area contributed by atoms with Crippen molar-refractivity contribution in [2.45, 2.75) is 0 Å². The molecule has 0 heterocycles. The van der Waals surface area contributed by atoms with E-state index in [1.54, 1.807) is 6.08 Å². The molecule has 0 amide bonds. The van der Waals surface area contributed by atoms with Crippen molar-refractivity contribution in [2.75, 3.05) is 0 Å². The van der Waals surface area contributed by atoms with Crippen LogP contribution in [0.4, 0.5) is 0 Å². The fourth-order valence-electron chi connectivity index (χ4n) is 2.32. The Morgan fingerprint density at radius 3 is 2.05 bits per heavy atom. The van der Waals surface area contributed by atoms with Gasteiger partial charge in [0.1, 0.15) is 0 Å². The zero-order valence-electron chi connectivity index (χ0n) is 12.1. The van der Waals surface area contributed by atoms with Gasteiger partial charge in [-0.1, -0.05) is 84.9 Å². The average Bonchev–Trinajstić information content (AvgIpc) is 2.61. The fourth-order valence-corrected chi connectivity index (χ4v) is 2.32. The maximum Gasteiger partial charge on any atom is 0.185 e. The topological polar surface area (TPSA) is 17.1 Å². The zero-order chi connectivity index (χ0) is 15.2. The molecule has 1 heteroatoms. The summed E-state index contributed by atoms with van der Waals surface area (Å²) in [5.74, 6) is 0.0192. The molecule has 0 saturated carbocycles. The quantitative estimate of drug-likeness (QED) is 0.472. The van der Waals surface area contributed by atoms with Gasteiger partial charge in [0.25, 0.3) is 0 Å². The Morgan fingerprint density at radius 2 is 1.32 bits per heavy atom. The van der Waals surface area contributed by atoms with Crippen molar-refractivity contribution in [1.29, 1.82) is 0 Å². The van der Waals surface area contributed by atoms with Gasteiger partial charge in [0, 0.05) is 5.56 Å². The second kappa shape index (κ2) is 6.68. The third-order valence-corrected chi connectivity index (χ3v) is 3.48. The predicted molar refractivity (Wildman–Crippen MR) is 91.7 cm³/mol. The summed E-state index contributed by atoms with van der Waals surface area (Å²) in [7, 11) is 0. The summed E-state index contributed by atoms with van der Waals surface area (Å²) in [5, 5.41) is 0. The number of hydrogen-bond acceptors (Lipinski definition) is 1. The summed E-state index contributed by atoms with van der Waals surface area (Å²) >= 11 is 0. The van der Waals surface area contributed by atoms with E-state index < -0.39 is 0 Å². The first-order chi connectivity index (χ1) is 10.8. The highest BCUT2D eigenvalue weighted by molar-refractivity contribution is 6.06. The first-order valence-corrected chi connectivity index (χ1v) is 7.26. The molecule has 0 spiro atoms. The van der Waals surface area contributed by atoms with Gasteiger partial charge >= 0.3 is 0 Å². The van der Waals surface area contributed by atoms with Crippen LogP contribution in [0, 0.1) is 0 Å². The molecule has 3 aromatic rings. The van der Waals surface area contributed by atoms with Gasteiger partial charge in [0.2, 0.25) is 0 Å². The molecule has 3 aromatic carbocycles. The maximum atomic E-state index is 12.1. The monoisotopic (exact) mass is 284 g/mol. The van der Waals surface area contributed by atoms with Gasteiger partial charge in [-0.25, -0.2) is 0 Å². The summed E-state index contributed by atoms with van der Waals surface area (Å²) in [6.07, 6.45) is 3.49. The van der Waals surface area contributed by atoms with E-state index in [1.807, 2.05) is 66.7 Å². The van der Waals surface area contributed by atoms with Crippen LogP contribution in [-0.4, -0.2) is 5.78 Å². The summed E-state index contributed by atoms with van der Waals surface area (Å²) in [5.41, 5.74) is 4.05. The van der Waals surface area contributed by atoms with Gasteiger partial charge in [-0.15, -0.1) is 0 Å². The first-order valence-electron chi connectivity index (χ1n) is 7.26. The standard InChI is InChI=1S/C21H16O/c22-21(19-11-5-2-6-12-19)15-14-17-8-7-13-20(16-17)18-9-3-1-4-10-18/h1-16H. The van der Waals surface area contributed by atoms with Crippen molar-refractivity contribution in [3.8, 4) is 11.1 Å². The number of carbonyl (C=O) groups excluding carboxylic acids is 1. The highest BCUT2D eigenvalue weighted by Crippen LogP contribution is 2.20. The van der Waals surface area contributed by atoms with Crippen LogP contribution in [0.1, 0.15) is 15.9 Å². The average molecular weight is 284 g/mol. The van der Waals surface area contributed by atoms with Crippen LogP contribution in [0.5, 0.6) is 0 Å². The Bertz CT molecular complexity index is 786. The van der Waals surface area contributed by atoms with E-state index in [2.05, 4.69) is 24.3 Å². The zero-order valence-corrected chi connectivity index (χ0v) is 12.1. The molecule has 0 bridgehead atoms. The van der Waals surface area contributed by atoms with Gasteiger partial charge in [0.15, 0.2) is 5.78 Å². The molecule has 0 radical (unpaired) electrons. The Labute approximate surface area is 130 Å². The van der Waals surface area contributed by atoms with Gasteiger partial charge in [-0.2, -0.15) is 0 Å². The molecule has 0 N–H and O–H groups in total. The summed E-state index contributed by atoms with van der Waals surface area (Å²) < 4.78 is 0. The lowest BCUT2D eigenvalue weighted by atomic mass is 10.0. The largest absolute Gasteiger partial charge is 0.289 e. The van der Waals surface area contributed by atoms with E-state index >= 15 is 0 Å². The van der Waals surface area contributed by atoms with Crippen LogP contribution >= 0.6 is 0 Å². The Balaban J connectivity index is 1.82. The normalized spacial score (nSPS) is 10.7. The minimum absolute atomic E-state index is 0.0192. The molecule has 0 atom stereocenters. The molecule has 3 rings (SSSR count). The SMILES string of the molecule is O=C(C=Cc1cccc(-c2ccccc2)c1)c1ccccc1. The lowest BCUT2D eigenvalue weighted by molar-refractivity contribution is 0.104. The number of ketones is 1. The molecule has 0 aliphatic carbocycles. The molecule has 0 aliphatic rings. The minimum Gasteiger partial charge on any atom is -0.289 e. The van der Waals surface area contributed by atoms with Crippen LogP contribution < -0.4 is 0 Å². The number of allylic oxidation sites excluding steroid dienone is 1. The smallest absolute Gasteiger partial charge is 0.185 e. The molecule has 0 unspecified atom stereocenters. The Kier molecular flexibility index (Phi) is 4.26. The van der Waals surface area contributed by atoms with E-state index in [1.165, 1.54) is 5.56 Å². The van der Waals surface area contributed by atoms with Crippen molar-refractivity contribution in [3.05, 3.63) is 102 Å². The second-order valence-electron chi connectivity index (χ2n) is 5.06. The van der Waals surface area contributed by atoms with E-state index in [0.29, 0.717) is 5.56 Å². The number of hydrogen-bond donors (Lipinski definition) is 0. The summed E-state index contributed by atoms with van der Waals surface area (Å²) in [6, 6.07) is 27.7. The van der Waals surface area contributed by atoms with Gasteiger partial charge in [0.05, 0.1) is 0 Å². The van der Waals surface area contributed by atoms with Crippen molar-refractivity contribution in [3.63, 3.8) is 0 Å². The molecule has 22 heavy (non-hydrogen) atoms. The molecule has 0 aromatic heterocycles. The van der Waals surface area contributed by atoms with Crippen LogP contribution in [0.3, 0.4) is 0 Å². The van der Waals surface area contributed by atoms with Crippen molar-refractivity contribution < 1.29 is 4.79 Å². The van der Waals surface area contributed by atoms with Crippen LogP contribution in [0.25, 0.3) is 17.2 Å². The minimum atomic E-state index is 0.0192. The van der Waals surface area contributed by atoms with Crippen molar-refractivity contribution in [1.82, 2.24) is 0 Å². The molecule has 0 fully saturated rings. The highest BCUT2D eigenvalue weighted by atomic mass is 16.1. The van der Waals surface area contributed by atoms with E-state index in [9.17, 15) is 4.79 Å². The fraction of sp³-hybridized carbons (Fsp3) is 0. The van der Waals surface area contributed by atoms with E-state index in [0.717, 1.165) is 11.1 Å². The number of benzene rings is 3. The van der Waals surface area contributed by atoms with Crippen molar-refractivity contribution in [2.24, 2.45) is 0 Å². The molecular weight excluding hydrogens is 268 g/mol. The third-order valence-electron chi connectivity index (χ3n) is 3.48. The van der Waals surface area contributed by atoms with Gasteiger partial charge < -0.3 is 0 Å². The Hall–Kier alpha value is -2.93. The van der Waals surface area contributed by atoms with E-state index in [4.69, 9.17) is 0 Å². The van der Waals surface area contributed by atoms with E-state index in [-0.39, 0.29) is 5.78 Å². The second-order valence-corrected chi connectivity index (χ2v) is 5.06. The molecule has 106 valence electrons. The maximum absolute atomic E-state index is 12.1. The lowest BCUT2D eigenvalue weighted by Crippen LogP contribution is -1.92. The highest BCUT2D eigenvalue weighted by Gasteiger charge is 2.00. The van der Waals surface area contributed by atoms with Gasteiger partial charge in [-0.3, -0.25) is 4.79 Å². The molecule has 0 saturated heterocycles. The van der Waals surface area contributed by atoms with Crippen LogP contribution in [0.2, 0.25) is 0 Å². The van der Waals surface area contributed by atoms with Crippen molar-refractivity contribution >= 4 is 11.9 Å². The van der Waals surface area contributed by atoms with Gasteiger partial charge in [-0.05, 0) is 28.8 Å². The summed E-state index contributed by atoms with van der Waals surface area (Å²) in [4.78, 5) is 12.1. The summed E-state index contributed by atoms with van der Waals surface area (Å²) in [6.45, 7) is 0. The molecular formula is C21H16O. The predicted octanol–water partition coefficient (Wildman–Crippen LogP) is 5.25. The van der Waals surface area contributed by atoms with Crippen LogP contribution in [-0.2, 0) is 0 Å². The van der Waals surface area contributed by atoms with Crippen LogP contribution in [0.15, 0.2) is 91.0 Å². The Morgan fingerprint density at radius 1 is 0.682 bits per heavy atom.